The van der Waals surface area contributed by atoms with Crippen LogP contribution in [-0.2, 0) is 21.5 Å². The molecule has 21 heavy (non-hydrogen) atoms. The van der Waals surface area contributed by atoms with Gasteiger partial charge in [-0.15, -0.1) is 0 Å². The Morgan fingerprint density at radius 2 is 1.95 bits per heavy atom. The van der Waals surface area contributed by atoms with Crippen LogP contribution in [0.2, 0.25) is 0 Å². The van der Waals surface area contributed by atoms with Crippen LogP contribution in [0.5, 0.6) is 0 Å². The minimum atomic E-state index is -0.128. The molecule has 1 aliphatic heterocycles. The zero-order chi connectivity index (χ0) is 15.5. The van der Waals surface area contributed by atoms with Crippen molar-refractivity contribution in [2.45, 2.75) is 32.7 Å². The van der Waals surface area contributed by atoms with Crippen LogP contribution >= 0.6 is 0 Å². The SMILES string of the molecule is COCC(=O)N1CCN(Cc2noc(C(C)(C)C)n2)CC1. The minimum absolute atomic E-state index is 0.0479. The maximum atomic E-state index is 11.7. The van der Waals surface area contributed by atoms with Crippen molar-refractivity contribution in [1.82, 2.24) is 19.9 Å². The van der Waals surface area contributed by atoms with Crippen LogP contribution in [0.3, 0.4) is 0 Å². The number of carbonyl (C=O) groups excluding carboxylic acids is 1. The van der Waals surface area contributed by atoms with Gasteiger partial charge in [-0.3, -0.25) is 9.69 Å². The fourth-order valence-corrected chi connectivity index (χ4v) is 2.19. The van der Waals surface area contributed by atoms with E-state index in [4.69, 9.17) is 9.26 Å². The number of amides is 1. The number of hydrogen-bond acceptors (Lipinski definition) is 6. The number of aromatic nitrogens is 2. The lowest BCUT2D eigenvalue weighted by atomic mass is 9.97. The summed E-state index contributed by atoms with van der Waals surface area (Å²) in [5, 5.41) is 4.03. The highest BCUT2D eigenvalue weighted by Crippen LogP contribution is 2.20. The molecule has 0 N–H and O–H groups in total. The molecule has 0 radical (unpaired) electrons. The van der Waals surface area contributed by atoms with Gasteiger partial charge in [0.15, 0.2) is 5.82 Å². The van der Waals surface area contributed by atoms with E-state index >= 15 is 0 Å². The van der Waals surface area contributed by atoms with Crippen LogP contribution in [0.15, 0.2) is 4.52 Å². The molecule has 1 fully saturated rings. The fraction of sp³-hybridized carbons (Fsp3) is 0.786. The Morgan fingerprint density at radius 3 is 2.48 bits per heavy atom. The molecule has 1 aliphatic rings. The number of rotatable bonds is 4. The lowest BCUT2D eigenvalue weighted by Crippen LogP contribution is -2.49. The largest absolute Gasteiger partial charge is 0.375 e. The summed E-state index contributed by atoms with van der Waals surface area (Å²) < 4.78 is 10.2. The number of hydrogen-bond donors (Lipinski definition) is 0. The smallest absolute Gasteiger partial charge is 0.248 e. The molecular formula is C14H24N4O3. The molecule has 118 valence electrons. The molecular weight excluding hydrogens is 272 g/mol. The highest BCUT2D eigenvalue weighted by atomic mass is 16.5. The van der Waals surface area contributed by atoms with E-state index in [2.05, 4.69) is 15.0 Å². The van der Waals surface area contributed by atoms with Crippen LogP contribution in [0.4, 0.5) is 0 Å². The van der Waals surface area contributed by atoms with E-state index in [1.54, 1.807) is 0 Å². The summed E-state index contributed by atoms with van der Waals surface area (Å²) in [7, 11) is 1.54. The summed E-state index contributed by atoms with van der Waals surface area (Å²) in [5.74, 6) is 1.41. The first-order chi connectivity index (χ1) is 9.90. The Morgan fingerprint density at radius 1 is 1.29 bits per heavy atom. The van der Waals surface area contributed by atoms with Crippen molar-refractivity contribution in [2.24, 2.45) is 0 Å². The van der Waals surface area contributed by atoms with E-state index in [1.807, 2.05) is 25.7 Å². The van der Waals surface area contributed by atoms with E-state index in [1.165, 1.54) is 7.11 Å². The maximum absolute atomic E-state index is 11.7. The highest BCUT2D eigenvalue weighted by Gasteiger charge is 2.24. The normalized spacial score (nSPS) is 17.2. The van der Waals surface area contributed by atoms with Crippen LogP contribution in [0, 0.1) is 0 Å². The molecule has 0 unspecified atom stereocenters. The molecule has 2 rings (SSSR count). The van der Waals surface area contributed by atoms with Gasteiger partial charge in [0.2, 0.25) is 11.8 Å². The molecule has 2 heterocycles. The molecule has 7 nitrogen and oxygen atoms in total. The van der Waals surface area contributed by atoms with Gasteiger partial charge in [0.05, 0.1) is 6.54 Å². The zero-order valence-electron chi connectivity index (χ0n) is 13.3. The number of methoxy groups -OCH3 is 1. The molecule has 1 amide bonds. The van der Waals surface area contributed by atoms with E-state index < -0.39 is 0 Å². The van der Waals surface area contributed by atoms with Gasteiger partial charge in [0.25, 0.3) is 0 Å². The first-order valence-electron chi connectivity index (χ1n) is 7.22. The Bertz CT molecular complexity index is 473. The van der Waals surface area contributed by atoms with Crippen molar-refractivity contribution in [3.8, 4) is 0 Å². The summed E-state index contributed by atoms with van der Waals surface area (Å²) in [5.41, 5.74) is -0.128. The lowest BCUT2D eigenvalue weighted by Gasteiger charge is -2.33. The number of carbonyl (C=O) groups is 1. The molecule has 0 aromatic carbocycles. The summed E-state index contributed by atoms with van der Waals surface area (Å²) in [4.78, 5) is 20.2. The summed E-state index contributed by atoms with van der Waals surface area (Å²) >= 11 is 0. The average molecular weight is 296 g/mol. The Hall–Kier alpha value is -1.47. The fourth-order valence-electron chi connectivity index (χ4n) is 2.19. The second-order valence-corrected chi connectivity index (χ2v) is 6.36. The summed E-state index contributed by atoms with van der Waals surface area (Å²) in [6.07, 6.45) is 0. The van der Waals surface area contributed by atoms with Gasteiger partial charge in [-0.05, 0) is 0 Å². The predicted octanol–water partition coefficient (Wildman–Crippen LogP) is 0.658. The van der Waals surface area contributed by atoms with E-state index in [9.17, 15) is 4.79 Å². The molecule has 0 spiro atoms. The Balaban J connectivity index is 1.83. The van der Waals surface area contributed by atoms with Crippen LogP contribution in [0.25, 0.3) is 0 Å². The van der Waals surface area contributed by atoms with Gasteiger partial charge in [0.1, 0.15) is 6.61 Å². The van der Waals surface area contributed by atoms with Crippen LogP contribution in [0.1, 0.15) is 32.5 Å². The zero-order valence-corrected chi connectivity index (χ0v) is 13.3. The summed E-state index contributed by atoms with van der Waals surface area (Å²) in [6.45, 7) is 10.0. The van der Waals surface area contributed by atoms with Crippen molar-refractivity contribution in [3.05, 3.63) is 11.7 Å². The van der Waals surface area contributed by atoms with Crippen molar-refractivity contribution < 1.29 is 14.1 Å². The Kier molecular flexibility index (Phi) is 4.95. The van der Waals surface area contributed by atoms with Crippen molar-refractivity contribution in [1.29, 1.82) is 0 Å². The predicted molar refractivity (Wildman–Crippen MR) is 76.7 cm³/mol. The van der Waals surface area contributed by atoms with E-state index in [0.29, 0.717) is 31.3 Å². The third kappa shape index (κ3) is 4.25. The van der Waals surface area contributed by atoms with Crippen molar-refractivity contribution >= 4 is 5.91 Å². The molecule has 0 atom stereocenters. The van der Waals surface area contributed by atoms with Crippen LogP contribution < -0.4 is 0 Å². The first-order valence-corrected chi connectivity index (χ1v) is 7.22. The quantitative estimate of drug-likeness (QED) is 0.813. The van der Waals surface area contributed by atoms with E-state index in [-0.39, 0.29) is 17.9 Å². The van der Waals surface area contributed by atoms with Gasteiger partial charge in [-0.25, -0.2) is 0 Å². The van der Waals surface area contributed by atoms with Gasteiger partial charge in [-0.2, -0.15) is 4.98 Å². The third-order valence-corrected chi connectivity index (χ3v) is 3.47. The van der Waals surface area contributed by atoms with Crippen molar-refractivity contribution in [2.75, 3.05) is 39.9 Å². The maximum Gasteiger partial charge on any atom is 0.248 e. The van der Waals surface area contributed by atoms with Gasteiger partial charge < -0.3 is 14.2 Å². The number of nitrogens with zero attached hydrogens (tertiary/aromatic N) is 4. The second-order valence-electron chi connectivity index (χ2n) is 6.36. The monoisotopic (exact) mass is 296 g/mol. The molecule has 7 heteroatoms. The number of ether oxygens (including phenoxy) is 1. The molecule has 0 bridgehead atoms. The Labute approximate surface area is 125 Å². The van der Waals surface area contributed by atoms with E-state index in [0.717, 1.165) is 13.1 Å². The molecule has 0 aliphatic carbocycles. The standard InChI is InChI=1S/C14H24N4O3/c1-14(2,3)13-15-11(16-21-13)9-17-5-7-18(8-6-17)12(19)10-20-4/h5-10H2,1-4H3. The summed E-state index contributed by atoms with van der Waals surface area (Å²) in [6, 6.07) is 0. The molecule has 0 saturated carbocycles. The highest BCUT2D eigenvalue weighted by molar-refractivity contribution is 5.77. The molecule has 1 aromatic rings. The first kappa shape index (κ1) is 15.9. The van der Waals surface area contributed by atoms with Crippen molar-refractivity contribution in [3.63, 3.8) is 0 Å². The van der Waals surface area contributed by atoms with Gasteiger partial charge in [-0.1, -0.05) is 25.9 Å². The number of piperazine rings is 1. The minimum Gasteiger partial charge on any atom is -0.375 e. The van der Waals surface area contributed by atoms with Gasteiger partial charge in [0, 0.05) is 38.7 Å². The second kappa shape index (κ2) is 6.53. The average Bonchev–Trinajstić information content (AvgIpc) is 2.88. The topological polar surface area (TPSA) is 71.7 Å². The van der Waals surface area contributed by atoms with Crippen LogP contribution in [-0.4, -0.2) is 65.7 Å². The third-order valence-electron chi connectivity index (χ3n) is 3.47. The lowest BCUT2D eigenvalue weighted by molar-refractivity contribution is -0.136. The molecule has 1 aromatic heterocycles. The van der Waals surface area contributed by atoms with Gasteiger partial charge >= 0.3 is 0 Å². The molecule has 1 saturated heterocycles.